The maximum Gasteiger partial charge on any atom is 0.323 e. The monoisotopic (exact) mass is 892 g/mol. The van der Waals surface area contributed by atoms with Gasteiger partial charge in [0.1, 0.15) is 11.5 Å². The fourth-order valence-corrected chi connectivity index (χ4v) is 6.70. The minimum Gasteiger partial charge on any atom is -0.453 e. The van der Waals surface area contributed by atoms with Gasteiger partial charge < -0.3 is 42.2 Å². The lowest BCUT2D eigenvalue weighted by atomic mass is 10.1. The highest BCUT2D eigenvalue weighted by Gasteiger charge is 2.13. The van der Waals surface area contributed by atoms with Gasteiger partial charge in [0.15, 0.2) is 33.0 Å². The molecule has 0 spiro atoms. The highest BCUT2D eigenvalue weighted by atomic mass is 32.2. The van der Waals surface area contributed by atoms with Crippen LogP contribution in [0.5, 0.6) is 23.0 Å². The molecule has 0 unspecified atom stereocenters. The van der Waals surface area contributed by atoms with Crippen molar-refractivity contribution in [2.75, 3.05) is 39.0 Å². The lowest BCUT2D eigenvalue weighted by molar-refractivity contribution is 0.261. The molecule has 0 atom stereocenters. The van der Waals surface area contributed by atoms with Gasteiger partial charge in [-0.2, -0.15) is 10.2 Å². The second kappa shape index (κ2) is 19.6. The van der Waals surface area contributed by atoms with Gasteiger partial charge in [0, 0.05) is 102 Å². The number of amides is 4. The van der Waals surface area contributed by atoms with Gasteiger partial charge in [-0.05, 0) is 79.7 Å². The first-order chi connectivity index (χ1) is 31.1. The van der Waals surface area contributed by atoms with E-state index >= 15 is 0 Å². The normalized spacial score (nSPS) is 10.8. The Morgan fingerprint density at radius 2 is 0.969 bits per heavy atom. The van der Waals surface area contributed by atoms with E-state index in [9.17, 15) is 18.0 Å². The van der Waals surface area contributed by atoms with Gasteiger partial charge in [-0.1, -0.05) is 29.8 Å². The van der Waals surface area contributed by atoms with E-state index < -0.39 is 15.9 Å². The molecule has 0 fully saturated rings. The van der Waals surface area contributed by atoms with Crippen molar-refractivity contribution in [1.29, 1.82) is 0 Å². The zero-order chi connectivity index (χ0) is 46.1. The van der Waals surface area contributed by atoms with Crippen molar-refractivity contribution in [3.8, 4) is 45.3 Å². The van der Waals surface area contributed by atoms with E-state index in [1.54, 1.807) is 88.7 Å². The van der Waals surface area contributed by atoms with Gasteiger partial charge in [0.25, 0.3) is 0 Å². The molecule has 0 radical (unpaired) electrons. The summed E-state index contributed by atoms with van der Waals surface area (Å²) in [4.78, 5) is 33.3. The first-order valence-electron chi connectivity index (χ1n) is 19.7. The Labute approximate surface area is 374 Å². The molecule has 0 bridgehead atoms. The number of carbonyl (C=O) groups is 2. The van der Waals surface area contributed by atoms with Crippen LogP contribution in [-0.2, 0) is 23.9 Å². The summed E-state index contributed by atoms with van der Waals surface area (Å²) in [7, 11) is 0.363. The van der Waals surface area contributed by atoms with Gasteiger partial charge in [-0.25, -0.2) is 28.0 Å². The van der Waals surface area contributed by atoms with E-state index in [1.807, 2.05) is 63.7 Å². The number of nitrogens with zero attached hydrogens (tertiary/aromatic N) is 6. The molecule has 8 N–H and O–H groups in total. The second-order valence-electron chi connectivity index (χ2n) is 14.6. The van der Waals surface area contributed by atoms with E-state index in [0.29, 0.717) is 45.7 Å². The summed E-state index contributed by atoms with van der Waals surface area (Å²) in [6.45, 7) is 1.99. The zero-order valence-electron chi connectivity index (χ0n) is 35.6. The highest BCUT2D eigenvalue weighted by molar-refractivity contribution is 7.90. The number of benzene rings is 4. The summed E-state index contributed by atoms with van der Waals surface area (Å²) in [6, 6.07) is 30.0. The predicted octanol–water partition coefficient (Wildman–Crippen LogP) is 8.71. The molecule has 19 heteroatoms. The van der Waals surface area contributed by atoms with Gasteiger partial charge in [-0.15, -0.1) is 0 Å². The topological polar surface area (TPSA) is 248 Å². The first kappa shape index (κ1) is 44.3. The van der Waals surface area contributed by atoms with Crippen LogP contribution in [-0.4, -0.2) is 56.3 Å². The van der Waals surface area contributed by atoms with Crippen molar-refractivity contribution < 1.29 is 27.5 Å². The molecule has 65 heavy (non-hydrogen) atoms. The third-order valence-electron chi connectivity index (χ3n) is 9.33. The number of ether oxygens (including phenoxy) is 2. The molecule has 0 saturated carbocycles. The van der Waals surface area contributed by atoms with Crippen LogP contribution in [0.3, 0.4) is 0 Å². The Balaban J connectivity index is 0.000000195. The number of nitrogens with one attached hydrogen (secondary N) is 4. The fraction of sp³-hybridized carbons (Fsp3) is 0.0870. The molecular weight excluding hydrogens is 849 g/mol. The Morgan fingerprint density at radius 1 is 0.554 bits per heavy atom. The summed E-state index contributed by atoms with van der Waals surface area (Å²) >= 11 is 0. The summed E-state index contributed by atoms with van der Waals surface area (Å²) in [5.74, 6) is 2.25. The third-order valence-corrected chi connectivity index (χ3v) is 10.5. The molecule has 8 aromatic rings. The van der Waals surface area contributed by atoms with Crippen LogP contribution in [0.25, 0.3) is 22.3 Å². The van der Waals surface area contributed by atoms with Gasteiger partial charge >= 0.3 is 12.1 Å². The lowest BCUT2D eigenvalue weighted by Gasteiger charge is -2.12. The lowest BCUT2D eigenvalue weighted by Crippen LogP contribution is -2.19. The minimum absolute atomic E-state index is 0.171. The Morgan fingerprint density at radius 3 is 1.37 bits per heavy atom. The second-order valence-corrected chi connectivity index (χ2v) is 16.6. The molecular formula is C46H44N12O6S. The van der Waals surface area contributed by atoms with Crippen molar-refractivity contribution in [2.45, 2.75) is 11.8 Å². The van der Waals surface area contributed by atoms with Gasteiger partial charge in [0.2, 0.25) is 0 Å². The standard InChI is InChI=1S/C23H22N6O4S.C23H22N6O2/c1-29-14-16(13-26-29)15-10-21(22(24)25-12-15)33-19-5-3-4-18(11-19)28-23(30)27-17-6-8-20(9-7-17)34(2,31)32;1-15-6-8-18(9-7-15)27-23(30)28-19-4-3-5-20(11-19)31-21-10-16(12-25-22(21)24)17-13-26-29(2)14-17/h3-14H,1-2H3,(H2,24,25)(H2,27,28,30);3-14H,1-2H3,(H2,24,25)(H2,27,28,30). The average molecular weight is 893 g/mol. The number of aromatic nitrogens is 6. The van der Waals surface area contributed by atoms with E-state index in [1.165, 1.54) is 24.3 Å². The Kier molecular flexibility index (Phi) is 13.3. The van der Waals surface area contributed by atoms with Crippen molar-refractivity contribution in [2.24, 2.45) is 14.1 Å². The van der Waals surface area contributed by atoms with Gasteiger partial charge in [0.05, 0.1) is 17.3 Å². The summed E-state index contributed by atoms with van der Waals surface area (Å²) in [5, 5.41) is 19.3. The number of aryl methyl sites for hydroxylation is 3. The van der Waals surface area contributed by atoms with E-state index in [-0.39, 0.29) is 22.6 Å². The van der Waals surface area contributed by atoms with Crippen molar-refractivity contribution in [3.63, 3.8) is 0 Å². The highest BCUT2D eigenvalue weighted by Crippen LogP contribution is 2.33. The van der Waals surface area contributed by atoms with E-state index in [2.05, 4.69) is 41.4 Å². The summed E-state index contributed by atoms with van der Waals surface area (Å²) in [6.07, 6.45) is 11.6. The van der Waals surface area contributed by atoms with E-state index in [4.69, 9.17) is 20.9 Å². The third kappa shape index (κ3) is 12.2. The number of sulfone groups is 1. The van der Waals surface area contributed by atoms with Crippen LogP contribution in [0, 0.1) is 6.92 Å². The molecule has 0 saturated heterocycles. The van der Waals surface area contributed by atoms with Crippen molar-refractivity contribution in [3.05, 3.63) is 152 Å². The number of anilines is 6. The number of hydrogen-bond acceptors (Lipinski definition) is 12. The van der Waals surface area contributed by atoms with Crippen LogP contribution in [0.2, 0.25) is 0 Å². The zero-order valence-corrected chi connectivity index (χ0v) is 36.4. The number of hydrogen-bond donors (Lipinski definition) is 6. The van der Waals surface area contributed by atoms with Crippen LogP contribution in [0.1, 0.15) is 5.56 Å². The van der Waals surface area contributed by atoms with Crippen LogP contribution in [0.15, 0.2) is 151 Å². The van der Waals surface area contributed by atoms with Crippen LogP contribution < -0.4 is 42.2 Å². The predicted molar refractivity (Wildman–Crippen MR) is 251 cm³/mol. The maximum atomic E-state index is 12.4. The van der Waals surface area contributed by atoms with Crippen LogP contribution >= 0.6 is 0 Å². The smallest absolute Gasteiger partial charge is 0.323 e. The molecule has 18 nitrogen and oxygen atoms in total. The molecule has 330 valence electrons. The number of nitrogen functional groups attached to an aromatic ring is 2. The van der Waals surface area contributed by atoms with Gasteiger partial charge in [-0.3, -0.25) is 9.36 Å². The average Bonchev–Trinajstić information content (AvgIpc) is 3.91. The fourth-order valence-electron chi connectivity index (χ4n) is 6.07. The molecule has 4 amide bonds. The number of urea groups is 2. The minimum atomic E-state index is -3.31. The van der Waals surface area contributed by atoms with Crippen molar-refractivity contribution in [1.82, 2.24) is 29.5 Å². The number of rotatable bonds is 11. The largest absolute Gasteiger partial charge is 0.453 e. The first-order valence-corrected chi connectivity index (χ1v) is 21.6. The number of nitrogens with two attached hydrogens (primary N) is 2. The van der Waals surface area contributed by atoms with Crippen LogP contribution in [0.4, 0.5) is 44.0 Å². The number of pyridine rings is 2. The molecule has 4 heterocycles. The molecule has 4 aromatic carbocycles. The summed E-state index contributed by atoms with van der Waals surface area (Å²) < 4.78 is 38.4. The molecule has 4 aromatic heterocycles. The summed E-state index contributed by atoms with van der Waals surface area (Å²) in [5.41, 5.74) is 18.7. The Hall–Kier alpha value is -8.71. The Bertz CT molecular complexity index is 3080. The number of carbonyl (C=O) groups excluding carboxylic acids is 2. The molecule has 0 aliphatic carbocycles. The molecule has 0 aliphatic heterocycles. The van der Waals surface area contributed by atoms with Crippen molar-refractivity contribution >= 4 is 56.3 Å². The SMILES string of the molecule is Cc1ccc(NC(=O)Nc2cccc(Oc3cc(-c4cnn(C)c4)cnc3N)c2)cc1.Cn1cc(-c2cnc(N)c(Oc3cccc(NC(=O)Nc4ccc(S(C)(=O)=O)cc4)c3)c2)cn1. The maximum absolute atomic E-state index is 12.4. The quantitative estimate of drug-likeness (QED) is 0.0714. The van der Waals surface area contributed by atoms with E-state index in [0.717, 1.165) is 34.1 Å². The molecule has 8 rings (SSSR count). The molecule has 0 aliphatic rings.